The molecule has 1 N–H and O–H groups in total. The number of halogens is 2. The second-order valence-corrected chi connectivity index (χ2v) is 4.76. The van der Waals surface area contributed by atoms with Gasteiger partial charge in [0.25, 0.3) is 0 Å². The summed E-state index contributed by atoms with van der Waals surface area (Å²) >= 11 is 5.97. The van der Waals surface area contributed by atoms with E-state index in [9.17, 15) is 4.39 Å². The van der Waals surface area contributed by atoms with Crippen molar-refractivity contribution >= 4 is 17.3 Å². The number of nitrogens with one attached hydrogen (secondary N) is 1. The maximum absolute atomic E-state index is 13.6. The number of rotatable bonds is 3. The van der Waals surface area contributed by atoms with Crippen LogP contribution in [0.5, 0.6) is 0 Å². The molecular weight excluding hydrogens is 249 g/mol. The van der Waals surface area contributed by atoms with E-state index in [-0.39, 0.29) is 5.82 Å². The first kappa shape index (κ1) is 12.9. The van der Waals surface area contributed by atoms with E-state index in [2.05, 4.69) is 19.2 Å². The van der Waals surface area contributed by atoms with Crippen LogP contribution in [0.15, 0.2) is 36.4 Å². The van der Waals surface area contributed by atoms with E-state index < -0.39 is 0 Å². The normalized spacial score (nSPS) is 10.4. The Labute approximate surface area is 112 Å². The zero-order chi connectivity index (χ0) is 13.1. The molecule has 0 saturated carbocycles. The van der Waals surface area contributed by atoms with Gasteiger partial charge < -0.3 is 5.32 Å². The Bertz CT molecular complexity index is 546. The summed E-state index contributed by atoms with van der Waals surface area (Å²) in [5, 5.41) is 3.64. The van der Waals surface area contributed by atoms with Gasteiger partial charge in [-0.15, -0.1) is 0 Å². The Morgan fingerprint density at radius 1 is 1.11 bits per heavy atom. The van der Waals surface area contributed by atoms with Crippen LogP contribution in [-0.2, 0) is 6.54 Å². The number of aryl methyl sites for hydroxylation is 2. The zero-order valence-electron chi connectivity index (χ0n) is 10.4. The lowest BCUT2D eigenvalue weighted by Gasteiger charge is -2.10. The minimum Gasteiger partial charge on any atom is -0.381 e. The van der Waals surface area contributed by atoms with Crippen molar-refractivity contribution in [2.45, 2.75) is 20.4 Å². The molecule has 1 nitrogen and oxygen atoms in total. The van der Waals surface area contributed by atoms with Crippen LogP contribution in [0.4, 0.5) is 10.1 Å². The SMILES string of the molecule is Cc1ccc(NCc2c(F)cccc2Cl)cc1C. The van der Waals surface area contributed by atoms with Crippen LogP contribution < -0.4 is 5.32 Å². The van der Waals surface area contributed by atoms with Crippen molar-refractivity contribution < 1.29 is 4.39 Å². The van der Waals surface area contributed by atoms with Gasteiger partial charge in [0.2, 0.25) is 0 Å². The van der Waals surface area contributed by atoms with Crippen LogP contribution >= 0.6 is 11.6 Å². The van der Waals surface area contributed by atoms with Crippen molar-refractivity contribution in [3.8, 4) is 0 Å². The van der Waals surface area contributed by atoms with Gasteiger partial charge in [-0.25, -0.2) is 4.39 Å². The molecular formula is C15H15ClFN. The highest BCUT2D eigenvalue weighted by molar-refractivity contribution is 6.31. The van der Waals surface area contributed by atoms with Gasteiger partial charge in [-0.3, -0.25) is 0 Å². The molecule has 0 amide bonds. The summed E-state index contributed by atoms with van der Waals surface area (Å²) in [5.41, 5.74) is 3.92. The summed E-state index contributed by atoms with van der Waals surface area (Å²) in [6.45, 7) is 4.50. The third kappa shape index (κ3) is 2.82. The standard InChI is InChI=1S/C15H15ClFN/c1-10-6-7-12(8-11(10)2)18-9-13-14(16)4-3-5-15(13)17/h3-8,18H,9H2,1-2H3. The molecule has 94 valence electrons. The van der Waals surface area contributed by atoms with Crippen LogP contribution in [0.25, 0.3) is 0 Å². The van der Waals surface area contributed by atoms with E-state index in [0.717, 1.165) is 5.69 Å². The highest BCUT2D eigenvalue weighted by atomic mass is 35.5. The topological polar surface area (TPSA) is 12.0 Å². The number of hydrogen-bond donors (Lipinski definition) is 1. The maximum Gasteiger partial charge on any atom is 0.129 e. The van der Waals surface area contributed by atoms with E-state index in [0.29, 0.717) is 17.1 Å². The van der Waals surface area contributed by atoms with Gasteiger partial charge in [-0.05, 0) is 49.2 Å². The van der Waals surface area contributed by atoms with Gasteiger partial charge in [-0.1, -0.05) is 23.7 Å². The summed E-state index contributed by atoms with van der Waals surface area (Å²) in [6, 6.07) is 10.8. The number of hydrogen-bond acceptors (Lipinski definition) is 1. The third-order valence-corrected chi connectivity index (χ3v) is 3.39. The van der Waals surface area contributed by atoms with E-state index in [1.54, 1.807) is 12.1 Å². The smallest absolute Gasteiger partial charge is 0.129 e. The Morgan fingerprint density at radius 2 is 1.89 bits per heavy atom. The fourth-order valence-corrected chi connectivity index (χ4v) is 1.97. The van der Waals surface area contributed by atoms with Crippen molar-refractivity contribution in [2.75, 3.05) is 5.32 Å². The molecule has 18 heavy (non-hydrogen) atoms. The second-order valence-electron chi connectivity index (χ2n) is 4.35. The molecule has 0 aliphatic carbocycles. The molecule has 2 aromatic carbocycles. The summed E-state index contributed by atoms with van der Waals surface area (Å²) < 4.78 is 13.6. The molecule has 3 heteroatoms. The summed E-state index contributed by atoms with van der Waals surface area (Å²) in [5.74, 6) is -0.279. The van der Waals surface area contributed by atoms with Crippen LogP contribution in [0.3, 0.4) is 0 Å². The molecule has 0 aliphatic heterocycles. The van der Waals surface area contributed by atoms with Gasteiger partial charge in [-0.2, -0.15) is 0 Å². The van der Waals surface area contributed by atoms with Crippen LogP contribution in [-0.4, -0.2) is 0 Å². The van der Waals surface area contributed by atoms with Crippen LogP contribution in [0.2, 0.25) is 5.02 Å². The fourth-order valence-electron chi connectivity index (χ4n) is 1.74. The quantitative estimate of drug-likeness (QED) is 0.846. The molecule has 0 aliphatic rings. The zero-order valence-corrected chi connectivity index (χ0v) is 11.2. The van der Waals surface area contributed by atoms with Gasteiger partial charge in [0, 0.05) is 22.8 Å². The minimum absolute atomic E-state index is 0.279. The first-order valence-electron chi connectivity index (χ1n) is 5.82. The van der Waals surface area contributed by atoms with Crippen molar-refractivity contribution in [1.82, 2.24) is 0 Å². The predicted molar refractivity (Wildman–Crippen MR) is 74.7 cm³/mol. The van der Waals surface area contributed by atoms with Crippen molar-refractivity contribution in [3.05, 3.63) is 63.9 Å². The first-order valence-corrected chi connectivity index (χ1v) is 6.20. The van der Waals surface area contributed by atoms with Gasteiger partial charge >= 0.3 is 0 Å². The molecule has 0 radical (unpaired) electrons. The van der Waals surface area contributed by atoms with Gasteiger partial charge in [0.1, 0.15) is 5.82 Å². The molecule has 0 aromatic heterocycles. The molecule has 0 unspecified atom stereocenters. The molecule has 0 bridgehead atoms. The van der Waals surface area contributed by atoms with Crippen LogP contribution in [0.1, 0.15) is 16.7 Å². The predicted octanol–water partition coefficient (Wildman–Crippen LogP) is 4.71. The van der Waals surface area contributed by atoms with E-state index in [1.165, 1.54) is 17.2 Å². The van der Waals surface area contributed by atoms with Gasteiger partial charge in [0.15, 0.2) is 0 Å². The van der Waals surface area contributed by atoms with Crippen molar-refractivity contribution in [3.63, 3.8) is 0 Å². The summed E-state index contributed by atoms with van der Waals surface area (Å²) in [4.78, 5) is 0. The van der Waals surface area contributed by atoms with Crippen LogP contribution in [0, 0.1) is 19.7 Å². The lowest BCUT2D eigenvalue weighted by atomic mass is 10.1. The lowest BCUT2D eigenvalue weighted by molar-refractivity contribution is 0.613. The fraction of sp³-hybridized carbons (Fsp3) is 0.200. The number of benzene rings is 2. The highest BCUT2D eigenvalue weighted by Gasteiger charge is 2.06. The Kier molecular flexibility index (Phi) is 3.87. The van der Waals surface area contributed by atoms with E-state index in [4.69, 9.17) is 11.6 Å². The molecule has 2 rings (SSSR count). The van der Waals surface area contributed by atoms with E-state index >= 15 is 0 Å². The molecule has 2 aromatic rings. The monoisotopic (exact) mass is 263 g/mol. The largest absolute Gasteiger partial charge is 0.381 e. The Balaban J connectivity index is 2.14. The average molecular weight is 264 g/mol. The van der Waals surface area contributed by atoms with E-state index in [1.807, 2.05) is 18.2 Å². The second kappa shape index (κ2) is 5.40. The Hall–Kier alpha value is -1.54. The molecule has 0 heterocycles. The summed E-state index contributed by atoms with van der Waals surface area (Å²) in [7, 11) is 0. The summed E-state index contributed by atoms with van der Waals surface area (Å²) in [6.07, 6.45) is 0. The molecule has 0 fully saturated rings. The number of anilines is 1. The third-order valence-electron chi connectivity index (χ3n) is 3.04. The minimum atomic E-state index is -0.279. The molecule has 0 atom stereocenters. The van der Waals surface area contributed by atoms with Crippen molar-refractivity contribution in [1.29, 1.82) is 0 Å². The first-order chi connectivity index (χ1) is 8.58. The highest BCUT2D eigenvalue weighted by Crippen LogP contribution is 2.21. The average Bonchev–Trinajstić information content (AvgIpc) is 2.33. The molecule has 0 spiro atoms. The molecule has 0 saturated heterocycles. The lowest BCUT2D eigenvalue weighted by Crippen LogP contribution is -2.03. The maximum atomic E-state index is 13.6. The van der Waals surface area contributed by atoms with Crippen molar-refractivity contribution in [2.24, 2.45) is 0 Å². The Morgan fingerprint density at radius 3 is 2.56 bits per heavy atom. The van der Waals surface area contributed by atoms with Gasteiger partial charge in [0.05, 0.1) is 0 Å².